The molecule has 104 valence electrons. The van der Waals surface area contributed by atoms with E-state index in [1.165, 1.54) is 0 Å². The molecule has 1 aliphatic heterocycles. The van der Waals surface area contributed by atoms with Gasteiger partial charge in [0, 0.05) is 23.3 Å². The summed E-state index contributed by atoms with van der Waals surface area (Å²) in [4.78, 5) is 18.2. The molecule has 1 N–H and O–H groups in total. The van der Waals surface area contributed by atoms with Gasteiger partial charge in [0.15, 0.2) is 0 Å². The van der Waals surface area contributed by atoms with E-state index < -0.39 is 11.5 Å². The first-order valence-electron chi connectivity index (χ1n) is 6.90. The molecular formula is C16H18N2O2. The lowest BCUT2D eigenvalue weighted by molar-refractivity contribution is -0.142. The highest BCUT2D eigenvalue weighted by Crippen LogP contribution is 2.38. The van der Waals surface area contributed by atoms with Gasteiger partial charge < -0.3 is 10.0 Å². The van der Waals surface area contributed by atoms with E-state index in [1.54, 1.807) is 0 Å². The number of para-hydroxylation sites is 1. The minimum Gasteiger partial charge on any atom is -0.480 e. The summed E-state index contributed by atoms with van der Waals surface area (Å²) in [5.41, 5.74) is 1.99. The van der Waals surface area contributed by atoms with Crippen LogP contribution in [0.4, 0.5) is 5.69 Å². The van der Waals surface area contributed by atoms with E-state index in [1.807, 2.05) is 49.1 Å². The quantitative estimate of drug-likeness (QED) is 0.911. The number of hydrogen-bond acceptors (Lipinski definition) is 3. The number of pyridine rings is 1. The molecule has 1 unspecified atom stereocenters. The standard InChI is InChI=1S/C16H18N2O2/c1-11-10-14(12-6-3-4-7-13(12)17-11)18-9-5-8-16(18,2)15(19)20/h3-4,6-7,10H,5,8-9H2,1-2H3,(H,19,20). The van der Waals surface area contributed by atoms with Crippen molar-refractivity contribution in [3.05, 3.63) is 36.0 Å². The molecule has 1 aromatic carbocycles. The summed E-state index contributed by atoms with van der Waals surface area (Å²) >= 11 is 0. The van der Waals surface area contributed by atoms with E-state index in [0.717, 1.165) is 35.2 Å². The number of aliphatic carboxylic acids is 1. The Balaban J connectivity index is 2.21. The van der Waals surface area contributed by atoms with Gasteiger partial charge in [0.1, 0.15) is 5.54 Å². The third-order valence-electron chi connectivity index (χ3n) is 4.21. The van der Waals surface area contributed by atoms with Crippen molar-refractivity contribution in [1.29, 1.82) is 0 Å². The monoisotopic (exact) mass is 270 g/mol. The molecule has 1 aromatic heterocycles. The number of aryl methyl sites for hydroxylation is 1. The zero-order valence-electron chi connectivity index (χ0n) is 11.8. The SMILES string of the molecule is Cc1cc(N2CCCC2(C)C(=O)O)c2ccccc2n1. The van der Waals surface area contributed by atoms with Crippen LogP contribution in [0.5, 0.6) is 0 Å². The predicted molar refractivity (Wildman–Crippen MR) is 79.1 cm³/mol. The molecule has 2 heterocycles. The van der Waals surface area contributed by atoms with Crippen molar-refractivity contribution < 1.29 is 9.90 Å². The molecule has 1 saturated heterocycles. The van der Waals surface area contributed by atoms with Gasteiger partial charge in [0.05, 0.1) is 5.52 Å². The maximum atomic E-state index is 11.7. The lowest BCUT2D eigenvalue weighted by Crippen LogP contribution is -2.48. The number of fused-ring (bicyclic) bond motifs is 1. The van der Waals surface area contributed by atoms with Gasteiger partial charge in [-0.05, 0) is 38.8 Å². The molecule has 1 atom stereocenters. The zero-order valence-corrected chi connectivity index (χ0v) is 11.8. The summed E-state index contributed by atoms with van der Waals surface area (Å²) in [5.74, 6) is -0.756. The van der Waals surface area contributed by atoms with E-state index in [9.17, 15) is 9.90 Å². The van der Waals surface area contributed by atoms with Crippen molar-refractivity contribution in [1.82, 2.24) is 4.98 Å². The molecule has 0 bridgehead atoms. The fraction of sp³-hybridized carbons (Fsp3) is 0.375. The Morgan fingerprint density at radius 3 is 2.90 bits per heavy atom. The number of aromatic nitrogens is 1. The molecule has 0 saturated carbocycles. The number of rotatable bonds is 2. The molecule has 0 aliphatic carbocycles. The van der Waals surface area contributed by atoms with Gasteiger partial charge in [-0.15, -0.1) is 0 Å². The number of carboxylic acids is 1. The second-order valence-electron chi connectivity index (χ2n) is 5.63. The van der Waals surface area contributed by atoms with Crippen LogP contribution in [0.3, 0.4) is 0 Å². The Bertz CT molecular complexity index is 683. The van der Waals surface area contributed by atoms with Crippen molar-refractivity contribution in [3.8, 4) is 0 Å². The van der Waals surface area contributed by atoms with Crippen LogP contribution in [0, 0.1) is 6.92 Å². The number of carboxylic acid groups (broad SMARTS) is 1. The van der Waals surface area contributed by atoms with E-state index >= 15 is 0 Å². The van der Waals surface area contributed by atoms with E-state index in [-0.39, 0.29) is 0 Å². The van der Waals surface area contributed by atoms with Gasteiger partial charge in [-0.3, -0.25) is 4.98 Å². The molecule has 4 nitrogen and oxygen atoms in total. The number of anilines is 1. The highest BCUT2D eigenvalue weighted by Gasteiger charge is 2.44. The van der Waals surface area contributed by atoms with Gasteiger partial charge in [-0.25, -0.2) is 4.79 Å². The fourth-order valence-corrected chi connectivity index (χ4v) is 3.08. The van der Waals surface area contributed by atoms with Crippen LogP contribution in [-0.4, -0.2) is 28.1 Å². The van der Waals surface area contributed by atoms with Crippen LogP contribution in [0.2, 0.25) is 0 Å². The molecule has 20 heavy (non-hydrogen) atoms. The smallest absolute Gasteiger partial charge is 0.329 e. The van der Waals surface area contributed by atoms with Crippen LogP contribution >= 0.6 is 0 Å². The summed E-state index contributed by atoms with van der Waals surface area (Å²) < 4.78 is 0. The summed E-state index contributed by atoms with van der Waals surface area (Å²) in [6.45, 7) is 4.53. The van der Waals surface area contributed by atoms with Gasteiger partial charge in [-0.1, -0.05) is 18.2 Å². The summed E-state index contributed by atoms with van der Waals surface area (Å²) in [6.07, 6.45) is 1.58. The molecule has 0 radical (unpaired) electrons. The number of nitrogens with zero attached hydrogens (tertiary/aromatic N) is 2. The summed E-state index contributed by atoms with van der Waals surface area (Å²) in [5, 5.41) is 10.6. The first kappa shape index (κ1) is 12.9. The van der Waals surface area contributed by atoms with Gasteiger partial charge in [0.25, 0.3) is 0 Å². The number of benzene rings is 1. The second kappa shape index (κ2) is 4.47. The molecule has 2 aromatic rings. The third kappa shape index (κ3) is 1.83. The van der Waals surface area contributed by atoms with Crippen molar-refractivity contribution in [3.63, 3.8) is 0 Å². The first-order chi connectivity index (χ1) is 9.52. The van der Waals surface area contributed by atoms with Crippen molar-refractivity contribution >= 4 is 22.6 Å². The highest BCUT2D eigenvalue weighted by molar-refractivity contribution is 5.95. The maximum absolute atomic E-state index is 11.7. The van der Waals surface area contributed by atoms with Crippen LogP contribution in [-0.2, 0) is 4.79 Å². The topological polar surface area (TPSA) is 53.4 Å². The van der Waals surface area contributed by atoms with Crippen LogP contribution in [0.25, 0.3) is 10.9 Å². The fourth-order valence-electron chi connectivity index (χ4n) is 3.08. The Kier molecular flexibility index (Phi) is 2.89. The largest absolute Gasteiger partial charge is 0.480 e. The van der Waals surface area contributed by atoms with Crippen LogP contribution in [0.1, 0.15) is 25.5 Å². The van der Waals surface area contributed by atoms with E-state index in [4.69, 9.17) is 0 Å². The van der Waals surface area contributed by atoms with Gasteiger partial charge in [0.2, 0.25) is 0 Å². The average Bonchev–Trinajstić information content (AvgIpc) is 2.81. The first-order valence-corrected chi connectivity index (χ1v) is 6.90. The Morgan fingerprint density at radius 1 is 1.40 bits per heavy atom. The predicted octanol–water partition coefficient (Wildman–Crippen LogP) is 2.99. The zero-order chi connectivity index (χ0) is 14.3. The normalized spacial score (nSPS) is 22.4. The van der Waals surface area contributed by atoms with Crippen molar-refractivity contribution in [2.45, 2.75) is 32.2 Å². The lowest BCUT2D eigenvalue weighted by Gasteiger charge is -2.34. The molecule has 0 amide bonds. The van der Waals surface area contributed by atoms with Crippen LogP contribution in [0.15, 0.2) is 30.3 Å². The molecule has 4 heteroatoms. The number of hydrogen-bond donors (Lipinski definition) is 1. The molecule has 1 aliphatic rings. The van der Waals surface area contributed by atoms with Crippen molar-refractivity contribution in [2.24, 2.45) is 0 Å². The van der Waals surface area contributed by atoms with Crippen molar-refractivity contribution in [2.75, 3.05) is 11.4 Å². The van der Waals surface area contributed by atoms with Gasteiger partial charge >= 0.3 is 5.97 Å². The molecule has 1 fully saturated rings. The molecule has 0 spiro atoms. The summed E-state index contributed by atoms with van der Waals surface area (Å²) in [7, 11) is 0. The Morgan fingerprint density at radius 2 is 2.15 bits per heavy atom. The van der Waals surface area contributed by atoms with Crippen LogP contribution < -0.4 is 4.90 Å². The second-order valence-corrected chi connectivity index (χ2v) is 5.63. The third-order valence-corrected chi connectivity index (χ3v) is 4.21. The molecule has 3 rings (SSSR count). The average molecular weight is 270 g/mol. The minimum atomic E-state index is -0.823. The van der Waals surface area contributed by atoms with E-state index in [0.29, 0.717) is 6.42 Å². The lowest BCUT2D eigenvalue weighted by atomic mass is 9.98. The van der Waals surface area contributed by atoms with Gasteiger partial charge in [-0.2, -0.15) is 0 Å². The Labute approximate surface area is 118 Å². The summed E-state index contributed by atoms with van der Waals surface area (Å²) in [6, 6.07) is 9.91. The number of carbonyl (C=O) groups is 1. The van der Waals surface area contributed by atoms with E-state index in [2.05, 4.69) is 4.98 Å². The molecular weight excluding hydrogens is 252 g/mol. The Hall–Kier alpha value is -2.10. The minimum absolute atomic E-state index is 0.679. The highest BCUT2D eigenvalue weighted by atomic mass is 16.4. The maximum Gasteiger partial charge on any atom is 0.329 e.